The summed E-state index contributed by atoms with van der Waals surface area (Å²) in [5, 5.41) is 27.3. The number of carbonyl (C=O) groups is 2. The van der Waals surface area contributed by atoms with Crippen molar-refractivity contribution in [1.82, 2.24) is 10.2 Å². The number of allylic oxidation sites excluding steroid dienone is 1. The van der Waals surface area contributed by atoms with Crippen LogP contribution >= 0.6 is 0 Å². The van der Waals surface area contributed by atoms with Gasteiger partial charge in [0.05, 0.1) is 31.5 Å². The predicted octanol–water partition coefficient (Wildman–Crippen LogP) is 7.91. The summed E-state index contributed by atoms with van der Waals surface area (Å²) in [7, 11) is 1.68. The molecule has 3 aromatic carbocycles. The van der Waals surface area contributed by atoms with E-state index >= 15 is 0 Å². The van der Waals surface area contributed by atoms with Gasteiger partial charge >= 0.3 is 12.2 Å². The van der Waals surface area contributed by atoms with Crippen molar-refractivity contribution in [2.24, 2.45) is 22.9 Å². The van der Waals surface area contributed by atoms with E-state index in [1.807, 2.05) is 73.7 Å². The van der Waals surface area contributed by atoms with E-state index in [-0.39, 0.29) is 63.8 Å². The predicted molar refractivity (Wildman–Crippen MR) is 231 cm³/mol. The van der Waals surface area contributed by atoms with Gasteiger partial charge in [-0.1, -0.05) is 90.8 Å². The number of carbonyl (C=O) groups excluding carboxylic acids is 2. The maximum atomic E-state index is 14.1. The standard InChI is InChI=1S/C48H61N3O10/c1-4-26-58-48-43(51(3)47(55)57-28-27-56-32-34-16-8-6-9-17-34)31-41(50-59-33-35-18-10-7-11-19-35)39-29-36(20-12-14-24-52)38(21-13-15-25-53)44(45(39)48)40-30-37(22-23-42(40)61-48)60-46(54)49-5-2/h4,6-11,16-19,22-23,29-30,36,38,43-45,52-53H,1,5,12-15,20-21,24-28,31-33H2,2-3H3,(H,49,54)/t36-,38+,43-,44+,45+,48+/m0/s1. The Morgan fingerprint density at radius 1 is 0.951 bits per heavy atom. The number of nitrogens with one attached hydrogen (secondary N) is 1. The molecular weight excluding hydrogens is 779 g/mol. The Kier molecular flexibility index (Phi) is 16.8. The van der Waals surface area contributed by atoms with Crippen LogP contribution in [0.3, 0.4) is 0 Å². The lowest BCUT2D eigenvalue weighted by Gasteiger charge is -2.59. The van der Waals surface area contributed by atoms with Crippen LogP contribution in [0.1, 0.15) is 74.5 Å². The van der Waals surface area contributed by atoms with Crippen LogP contribution in [-0.2, 0) is 32.3 Å². The lowest BCUT2D eigenvalue weighted by atomic mass is 9.55. The first-order chi connectivity index (χ1) is 29.8. The third-order valence-electron chi connectivity index (χ3n) is 11.7. The van der Waals surface area contributed by atoms with E-state index in [0.29, 0.717) is 43.2 Å². The van der Waals surface area contributed by atoms with Gasteiger partial charge in [0, 0.05) is 44.7 Å². The number of likely N-dealkylation sites (N-methyl/N-ethyl adjacent to an activating group) is 1. The number of nitrogens with zero attached hydrogens (tertiary/aromatic N) is 2. The molecule has 0 aromatic heterocycles. The Hall–Kier alpha value is -5.21. The molecule has 61 heavy (non-hydrogen) atoms. The zero-order chi connectivity index (χ0) is 43.0. The van der Waals surface area contributed by atoms with Gasteiger partial charge in [-0.2, -0.15) is 0 Å². The average Bonchev–Trinajstić information content (AvgIpc) is 3.27. The molecule has 0 unspecified atom stereocenters. The van der Waals surface area contributed by atoms with E-state index in [0.717, 1.165) is 47.9 Å². The van der Waals surface area contributed by atoms with Crippen molar-refractivity contribution in [2.75, 3.05) is 46.6 Å². The van der Waals surface area contributed by atoms with Crippen LogP contribution in [-0.4, -0.2) is 91.5 Å². The molecule has 1 heterocycles. The highest BCUT2D eigenvalue weighted by atomic mass is 16.7. The fourth-order valence-electron chi connectivity index (χ4n) is 9.02. The summed E-state index contributed by atoms with van der Waals surface area (Å²) in [4.78, 5) is 34.5. The number of hydrogen-bond donors (Lipinski definition) is 3. The number of fused-ring (bicyclic) bond motifs is 2. The van der Waals surface area contributed by atoms with E-state index in [2.05, 4.69) is 18.0 Å². The molecule has 3 aliphatic rings. The summed E-state index contributed by atoms with van der Waals surface area (Å²) in [6.07, 6.45) is 7.40. The van der Waals surface area contributed by atoms with Crippen molar-refractivity contribution in [3.05, 3.63) is 120 Å². The van der Waals surface area contributed by atoms with Gasteiger partial charge in [-0.15, -0.1) is 6.58 Å². The second-order valence-corrected chi connectivity index (χ2v) is 15.7. The molecule has 328 valence electrons. The molecule has 0 bridgehead atoms. The SMILES string of the molecule is C=CCO[C@@]12Oc3ccc(OC(=O)NCC)cc3[C@H]3[C@H](CCCCO)[C@@H](CCCCO)C=C(C(=NOCc4ccccc4)C[C@@H]1N(C)C(=O)OCCOCc1ccccc1)[C@H]32. The highest BCUT2D eigenvalue weighted by Crippen LogP contribution is 2.61. The van der Waals surface area contributed by atoms with Crippen LogP contribution in [0.25, 0.3) is 0 Å². The molecule has 0 radical (unpaired) electrons. The zero-order valence-electron chi connectivity index (χ0n) is 35.4. The summed E-state index contributed by atoms with van der Waals surface area (Å²) in [6.45, 7) is 7.33. The molecule has 0 spiro atoms. The lowest BCUT2D eigenvalue weighted by Crippen LogP contribution is -2.69. The zero-order valence-corrected chi connectivity index (χ0v) is 35.4. The Balaban J connectivity index is 1.44. The number of oxime groups is 1. The van der Waals surface area contributed by atoms with Gasteiger partial charge in [-0.05, 0) is 79.3 Å². The van der Waals surface area contributed by atoms with Crippen molar-refractivity contribution in [2.45, 2.75) is 82.8 Å². The first kappa shape index (κ1) is 45.3. The third-order valence-corrected chi connectivity index (χ3v) is 11.7. The third kappa shape index (κ3) is 11.2. The molecule has 6 rings (SSSR count). The molecule has 3 N–H and O–H groups in total. The van der Waals surface area contributed by atoms with E-state index in [4.69, 9.17) is 33.7 Å². The summed E-state index contributed by atoms with van der Waals surface area (Å²) < 4.78 is 31.5. The van der Waals surface area contributed by atoms with Gasteiger partial charge in [0.1, 0.15) is 30.8 Å². The van der Waals surface area contributed by atoms with Crippen LogP contribution in [0, 0.1) is 17.8 Å². The average molecular weight is 840 g/mol. The quantitative estimate of drug-likeness (QED) is 0.0516. The fraction of sp³-hybridized carbons (Fsp3) is 0.479. The number of unbranched alkanes of at least 4 members (excludes halogenated alkanes) is 2. The second-order valence-electron chi connectivity index (χ2n) is 15.7. The topological polar surface area (TPSA) is 158 Å². The number of aliphatic hydroxyl groups is 2. The Morgan fingerprint density at radius 3 is 2.34 bits per heavy atom. The molecule has 2 aliphatic carbocycles. The summed E-state index contributed by atoms with van der Waals surface area (Å²) in [5.41, 5.74) is 4.35. The van der Waals surface area contributed by atoms with Gasteiger partial charge in [0.2, 0.25) is 5.79 Å². The largest absolute Gasteiger partial charge is 0.459 e. The molecule has 0 saturated heterocycles. The molecular formula is C48H61N3O10. The highest BCUT2D eigenvalue weighted by Gasteiger charge is 2.65. The van der Waals surface area contributed by atoms with Crippen molar-refractivity contribution in [3.63, 3.8) is 0 Å². The van der Waals surface area contributed by atoms with Crippen molar-refractivity contribution >= 4 is 17.9 Å². The first-order valence-corrected chi connectivity index (χ1v) is 21.5. The molecule has 2 amide bonds. The Morgan fingerprint density at radius 2 is 1.66 bits per heavy atom. The van der Waals surface area contributed by atoms with Crippen molar-refractivity contribution < 1.29 is 48.3 Å². The number of rotatable bonds is 22. The van der Waals surface area contributed by atoms with Gasteiger partial charge in [0.25, 0.3) is 0 Å². The first-order valence-electron chi connectivity index (χ1n) is 21.5. The number of aliphatic hydroxyl groups excluding tert-OH is 2. The van der Waals surface area contributed by atoms with Crippen molar-refractivity contribution in [3.8, 4) is 11.5 Å². The van der Waals surface area contributed by atoms with Gasteiger partial charge in [-0.3, -0.25) is 0 Å². The monoisotopic (exact) mass is 839 g/mol. The molecule has 1 fully saturated rings. The number of amides is 2. The van der Waals surface area contributed by atoms with Crippen LogP contribution in [0.4, 0.5) is 9.59 Å². The van der Waals surface area contributed by atoms with Gasteiger partial charge in [0.15, 0.2) is 0 Å². The maximum absolute atomic E-state index is 14.1. The van der Waals surface area contributed by atoms with Crippen LogP contribution < -0.4 is 14.8 Å². The fourth-order valence-corrected chi connectivity index (χ4v) is 9.02. The number of ether oxygens (including phenoxy) is 5. The molecule has 13 nitrogen and oxygen atoms in total. The lowest BCUT2D eigenvalue weighted by molar-refractivity contribution is -0.253. The molecule has 13 heteroatoms. The summed E-state index contributed by atoms with van der Waals surface area (Å²) in [5.74, 6) is -1.35. The van der Waals surface area contributed by atoms with E-state index in [1.165, 1.54) is 4.90 Å². The van der Waals surface area contributed by atoms with Crippen LogP contribution in [0.5, 0.6) is 11.5 Å². The van der Waals surface area contributed by atoms with E-state index in [9.17, 15) is 19.8 Å². The number of benzene rings is 3. The Labute approximate surface area is 359 Å². The smallest absolute Gasteiger partial charge is 0.412 e. The maximum Gasteiger partial charge on any atom is 0.412 e. The normalized spacial score (nSPS) is 23.1. The molecule has 6 atom stereocenters. The van der Waals surface area contributed by atoms with E-state index in [1.54, 1.807) is 25.3 Å². The molecule has 1 saturated carbocycles. The second kappa shape index (κ2) is 22.6. The minimum atomic E-state index is -1.46. The number of hydrogen-bond acceptors (Lipinski definition) is 11. The van der Waals surface area contributed by atoms with E-state index < -0.39 is 29.9 Å². The Bertz CT molecular complexity index is 1940. The van der Waals surface area contributed by atoms with Crippen molar-refractivity contribution in [1.29, 1.82) is 0 Å². The molecule has 3 aromatic rings. The van der Waals surface area contributed by atoms with Gasteiger partial charge < -0.3 is 49.0 Å². The summed E-state index contributed by atoms with van der Waals surface area (Å²) in [6, 6.07) is 24.2. The summed E-state index contributed by atoms with van der Waals surface area (Å²) >= 11 is 0. The minimum Gasteiger partial charge on any atom is -0.459 e. The molecule has 1 aliphatic heterocycles. The minimum absolute atomic E-state index is 0.00248. The highest BCUT2D eigenvalue weighted by molar-refractivity contribution is 6.03. The van der Waals surface area contributed by atoms with Crippen LogP contribution in [0.15, 0.2) is 108 Å². The van der Waals surface area contributed by atoms with Crippen LogP contribution in [0.2, 0.25) is 0 Å². The van der Waals surface area contributed by atoms with Gasteiger partial charge in [-0.25, -0.2) is 9.59 Å².